The van der Waals surface area contributed by atoms with E-state index in [4.69, 9.17) is 4.74 Å². The van der Waals surface area contributed by atoms with E-state index < -0.39 is 16.8 Å². The van der Waals surface area contributed by atoms with Crippen molar-refractivity contribution in [3.05, 3.63) is 80.7 Å². The standard InChI is InChI=1S/C20H16N2O5S/c1-12-10-14(8-9-16(12)22(25)26)18(23)21-19-17(20(24)27-2)15(11-28-19)13-6-4-3-5-7-13/h3-11H,1-2H3,(H,21,23). The molecular formula is C20H16N2O5S. The first-order valence-electron chi connectivity index (χ1n) is 8.24. The molecule has 1 amide bonds. The van der Waals surface area contributed by atoms with Gasteiger partial charge >= 0.3 is 5.97 Å². The number of hydrogen-bond acceptors (Lipinski definition) is 6. The van der Waals surface area contributed by atoms with Crippen LogP contribution in [0.4, 0.5) is 10.7 Å². The molecular weight excluding hydrogens is 380 g/mol. The first kappa shape index (κ1) is 19.2. The molecule has 0 saturated carbocycles. The number of nitrogens with one attached hydrogen (secondary N) is 1. The van der Waals surface area contributed by atoms with E-state index in [2.05, 4.69) is 5.32 Å². The SMILES string of the molecule is COC(=O)c1c(-c2ccccc2)csc1NC(=O)c1ccc([N+](=O)[O-])c(C)c1. The summed E-state index contributed by atoms with van der Waals surface area (Å²) in [4.78, 5) is 35.4. The minimum absolute atomic E-state index is 0.0608. The number of ether oxygens (including phenoxy) is 1. The topological polar surface area (TPSA) is 98.5 Å². The molecule has 3 rings (SSSR count). The smallest absolute Gasteiger partial charge is 0.341 e. The molecule has 2 aromatic carbocycles. The number of aryl methyl sites for hydroxylation is 1. The van der Waals surface area contributed by atoms with E-state index in [-0.39, 0.29) is 16.8 Å². The zero-order valence-electron chi connectivity index (χ0n) is 15.1. The Hall–Kier alpha value is -3.52. The van der Waals surface area contributed by atoms with Crippen molar-refractivity contribution in [2.75, 3.05) is 12.4 Å². The Kier molecular flexibility index (Phi) is 5.51. The van der Waals surface area contributed by atoms with E-state index >= 15 is 0 Å². The highest BCUT2D eigenvalue weighted by atomic mass is 32.1. The number of methoxy groups -OCH3 is 1. The molecule has 0 aliphatic heterocycles. The van der Waals surface area contributed by atoms with Gasteiger partial charge in [0.25, 0.3) is 11.6 Å². The van der Waals surface area contributed by atoms with Gasteiger partial charge in [0.05, 0.1) is 12.0 Å². The van der Waals surface area contributed by atoms with Gasteiger partial charge in [0.1, 0.15) is 10.6 Å². The second kappa shape index (κ2) is 8.01. The lowest BCUT2D eigenvalue weighted by molar-refractivity contribution is -0.385. The summed E-state index contributed by atoms with van der Waals surface area (Å²) in [5.74, 6) is -1.03. The van der Waals surface area contributed by atoms with Crippen LogP contribution < -0.4 is 5.32 Å². The lowest BCUT2D eigenvalue weighted by atomic mass is 10.0. The molecule has 7 nitrogen and oxygen atoms in total. The van der Waals surface area contributed by atoms with E-state index in [0.29, 0.717) is 16.1 Å². The molecule has 142 valence electrons. The van der Waals surface area contributed by atoms with Crippen LogP contribution in [0.1, 0.15) is 26.3 Å². The fourth-order valence-corrected chi connectivity index (χ4v) is 3.71. The van der Waals surface area contributed by atoms with Crippen LogP contribution in [0.25, 0.3) is 11.1 Å². The number of hydrogen-bond donors (Lipinski definition) is 1. The van der Waals surface area contributed by atoms with Crippen molar-refractivity contribution in [2.24, 2.45) is 0 Å². The van der Waals surface area contributed by atoms with Crippen LogP contribution in [0.5, 0.6) is 0 Å². The maximum Gasteiger partial charge on any atom is 0.341 e. The number of esters is 1. The summed E-state index contributed by atoms with van der Waals surface area (Å²) in [6.07, 6.45) is 0. The minimum atomic E-state index is -0.560. The van der Waals surface area contributed by atoms with Crippen LogP contribution in [0.3, 0.4) is 0 Å². The monoisotopic (exact) mass is 396 g/mol. The van der Waals surface area contributed by atoms with Crippen LogP contribution in [0.2, 0.25) is 0 Å². The zero-order valence-corrected chi connectivity index (χ0v) is 15.9. The van der Waals surface area contributed by atoms with Crippen LogP contribution >= 0.6 is 11.3 Å². The summed E-state index contributed by atoms with van der Waals surface area (Å²) < 4.78 is 4.89. The molecule has 0 aliphatic carbocycles. The number of nitro benzene ring substituents is 1. The van der Waals surface area contributed by atoms with E-state index in [1.54, 1.807) is 12.3 Å². The Balaban J connectivity index is 1.95. The molecule has 0 fully saturated rings. The average molecular weight is 396 g/mol. The van der Waals surface area contributed by atoms with Crippen LogP contribution in [0, 0.1) is 17.0 Å². The summed E-state index contributed by atoms with van der Waals surface area (Å²) in [7, 11) is 1.28. The largest absolute Gasteiger partial charge is 0.465 e. The Morgan fingerprint density at radius 2 is 1.86 bits per heavy atom. The Labute approximate surface area is 164 Å². The molecule has 28 heavy (non-hydrogen) atoms. The van der Waals surface area contributed by atoms with Gasteiger partial charge in [0.15, 0.2) is 0 Å². The van der Waals surface area contributed by atoms with Crippen molar-refractivity contribution < 1.29 is 19.2 Å². The molecule has 1 aromatic heterocycles. The molecule has 1 heterocycles. The lowest BCUT2D eigenvalue weighted by Gasteiger charge is -2.08. The third-order valence-corrected chi connectivity index (χ3v) is 5.04. The second-order valence-electron chi connectivity index (χ2n) is 5.92. The van der Waals surface area contributed by atoms with Crippen molar-refractivity contribution in [3.63, 3.8) is 0 Å². The van der Waals surface area contributed by atoms with Gasteiger partial charge in [-0.2, -0.15) is 0 Å². The highest BCUT2D eigenvalue weighted by Gasteiger charge is 2.23. The maximum absolute atomic E-state index is 12.6. The molecule has 0 aliphatic rings. The molecule has 0 saturated heterocycles. The van der Waals surface area contributed by atoms with Gasteiger partial charge in [-0.25, -0.2) is 4.79 Å². The quantitative estimate of drug-likeness (QED) is 0.384. The van der Waals surface area contributed by atoms with Gasteiger partial charge in [0.2, 0.25) is 0 Å². The Morgan fingerprint density at radius 1 is 1.14 bits per heavy atom. The molecule has 0 spiro atoms. The highest BCUT2D eigenvalue weighted by Crippen LogP contribution is 2.36. The molecule has 0 atom stereocenters. The second-order valence-corrected chi connectivity index (χ2v) is 6.80. The number of thiophene rings is 1. The van der Waals surface area contributed by atoms with Gasteiger partial charge in [-0.15, -0.1) is 11.3 Å². The summed E-state index contributed by atoms with van der Waals surface area (Å²) >= 11 is 1.21. The lowest BCUT2D eigenvalue weighted by Crippen LogP contribution is -2.14. The Morgan fingerprint density at radius 3 is 2.46 bits per heavy atom. The normalized spacial score (nSPS) is 10.4. The summed E-state index contributed by atoms with van der Waals surface area (Å²) in [5.41, 5.74) is 2.33. The number of amides is 1. The van der Waals surface area contributed by atoms with Crippen LogP contribution in [-0.2, 0) is 4.74 Å². The molecule has 0 radical (unpaired) electrons. The third-order valence-electron chi connectivity index (χ3n) is 4.15. The molecule has 8 heteroatoms. The van der Waals surface area contributed by atoms with E-state index in [1.165, 1.54) is 36.6 Å². The van der Waals surface area contributed by atoms with Gasteiger partial charge in [-0.05, 0) is 24.6 Å². The van der Waals surface area contributed by atoms with Crippen molar-refractivity contribution >= 4 is 33.9 Å². The predicted octanol–water partition coefficient (Wildman–Crippen LogP) is 4.67. The number of rotatable bonds is 5. The molecule has 3 aromatic rings. The molecule has 0 unspecified atom stereocenters. The first-order valence-corrected chi connectivity index (χ1v) is 9.12. The number of carbonyl (C=O) groups excluding carboxylic acids is 2. The number of carbonyl (C=O) groups is 2. The van der Waals surface area contributed by atoms with Crippen molar-refractivity contribution in [2.45, 2.75) is 6.92 Å². The van der Waals surface area contributed by atoms with E-state index in [9.17, 15) is 19.7 Å². The van der Waals surface area contributed by atoms with Gasteiger partial charge in [-0.3, -0.25) is 14.9 Å². The fraction of sp³-hybridized carbons (Fsp3) is 0.100. The minimum Gasteiger partial charge on any atom is -0.465 e. The van der Waals surface area contributed by atoms with Crippen molar-refractivity contribution in [1.29, 1.82) is 0 Å². The van der Waals surface area contributed by atoms with E-state index in [1.807, 2.05) is 30.3 Å². The third kappa shape index (κ3) is 3.77. The fourth-order valence-electron chi connectivity index (χ4n) is 2.76. The van der Waals surface area contributed by atoms with Gasteiger partial charge in [0, 0.05) is 28.1 Å². The first-order chi connectivity index (χ1) is 13.4. The summed E-state index contributed by atoms with van der Waals surface area (Å²) in [6, 6.07) is 13.4. The molecule has 1 N–H and O–H groups in total. The summed E-state index contributed by atoms with van der Waals surface area (Å²) in [5, 5.41) is 15.8. The van der Waals surface area contributed by atoms with Crippen molar-refractivity contribution in [3.8, 4) is 11.1 Å². The van der Waals surface area contributed by atoms with Crippen LogP contribution in [-0.4, -0.2) is 23.9 Å². The predicted molar refractivity (Wildman–Crippen MR) is 107 cm³/mol. The number of nitro groups is 1. The number of benzene rings is 2. The maximum atomic E-state index is 12.6. The zero-order chi connectivity index (χ0) is 20.3. The van der Waals surface area contributed by atoms with E-state index in [0.717, 1.165) is 5.56 Å². The molecule has 0 bridgehead atoms. The number of nitrogens with zero attached hydrogens (tertiary/aromatic N) is 1. The Bertz CT molecular complexity index is 1060. The summed E-state index contributed by atoms with van der Waals surface area (Å²) in [6.45, 7) is 1.56. The van der Waals surface area contributed by atoms with Crippen LogP contribution in [0.15, 0.2) is 53.9 Å². The van der Waals surface area contributed by atoms with Gasteiger partial charge < -0.3 is 10.1 Å². The number of anilines is 1. The van der Waals surface area contributed by atoms with Crippen molar-refractivity contribution in [1.82, 2.24) is 0 Å². The highest BCUT2D eigenvalue weighted by molar-refractivity contribution is 7.15. The average Bonchev–Trinajstić information content (AvgIpc) is 3.11. The van der Waals surface area contributed by atoms with Gasteiger partial charge in [-0.1, -0.05) is 30.3 Å².